The molecular weight excluding hydrogens is 223 g/mol. The van der Waals surface area contributed by atoms with E-state index in [9.17, 15) is 9.18 Å². The molecule has 1 unspecified atom stereocenters. The first-order chi connectivity index (χ1) is 8.09. The van der Waals surface area contributed by atoms with E-state index in [4.69, 9.17) is 10.5 Å². The summed E-state index contributed by atoms with van der Waals surface area (Å²) in [6.45, 7) is 2.83. The van der Waals surface area contributed by atoms with Crippen LogP contribution in [0.4, 0.5) is 4.39 Å². The SMILES string of the molecule is CC(NCCOCC(N)=O)c1cccc(F)c1. The van der Waals surface area contributed by atoms with E-state index in [1.54, 1.807) is 6.07 Å². The Bertz CT molecular complexity index is 371. The molecule has 3 N–H and O–H groups in total. The van der Waals surface area contributed by atoms with Gasteiger partial charge < -0.3 is 15.8 Å². The second-order valence-electron chi connectivity index (χ2n) is 3.75. The average Bonchev–Trinajstić information content (AvgIpc) is 2.28. The standard InChI is InChI=1S/C12H17FN2O2/c1-9(10-3-2-4-11(13)7-10)15-5-6-17-8-12(14)16/h2-4,7,9,15H,5-6,8H2,1H3,(H2,14,16). The van der Waals surface area contributed by atoms with E-state index in [1.807, 2.05) is 13.0 Å². The summed E-state index contributed by atoms with van der Waals surface area (Å²) in [6, 6.07) is 6.45. The Hall–Kier alpha value is -1.46. The lowest BCUT2D eigenvalue weighted by Crippen LogP contribution is -2.26. The zero-order chi connectivity index (χ0) is 12.7. The van der Waals surface area contributed by atoms with Crippen LogP contribution >= 0.6 is 0 Å². The Morgan fingerprint density at radius 3 is 3.00 bits per heavy atom. The van der Waals surface area contributed by atoms with Crippen molar-refractivity contribution in [3.05, 3.63) is 35.6 Å². The summed E-state index contributed by atoms with van der Waals surface area (Å²) in [6.07, 6.45) is 0. The highest BCUT2D eigenvalue weighted by Crippen LogP contribution is 2.12. The molecule has 1 aromatic carbocycles. The molecular formula is C12H17FN2O2. The Morgan fingerprint density at radius 2 is 2.35 bits per heavy atom. The third-order valence-corrected chi connectivity index (χ3v) is 2.29. The molecule has 0 spiro atoms. The summed E-state index contributed by atoms with van der Waals surface area (Å²) < 4.78 is 17.9. The monoisotopic (exact) mass is 240 g/mol. The summed E-state index contributed by atoms with van der Waals surface area (Å²) in [7, 11) is 0. The van der Waals surface area contributed by atoms with Crippen molar-refractivity contribution in [3.63, 3.8) is 0 Å². The van der Waals surface area contributed by atoms with Crippen LogP contribution in [0.2, 0.25) is 0 Å². The number of nitrogens with one attached hydrogen (secondary N) is 1. The van der Waals surface area contributed by atoms with E-state index in [1.165, 1.54) is 12.1 Å². The van der Waals surface area contributed by atoms with Crippen molar-refractivity contribution >= 4 is 5.91 Å². The van der Waals surface area contributed by atoms with Gasteiger partial charge in [0, 0.05) is 12.6 Å². The van der Waals surface area contributed by atoms with Crippen molar-refractivity contribution in [2.45, 2.75) is 13.0 Å². The Labute approximate surface area is 100.0 Å². The molecule has 17 heavy (non-hydrogen) atoms. The fraction of sp³-hybridized carbons (Fsp3) is 0.417. The number of carbonyl (C=O) groups is 1. The minimum atomic E-state index is -0.483. The van der Waals surface area contributed by atoms with Gasteiger partial charge in [0.25, 0.3) is 0 Å². The second-order valence-corrected chi connectivity index (χ2v) is 3.75. The van der Waals surface area contributed by atoms with Crippen LogP contribution in [0.15, 0.2) is 24.3 Å². The molecule has 0 bridgehead atoms. The molecule has 1 amide bonds. The van der Waals surface area contributed by atoms with E-state index < -0.39 is 5.91 Å². The molecule has 0 aliphatic rings. The molecule has 1 aromatic rings. The number of carbonyl (C=O) groups excluding carboxylic acids is 1. The Kier molecular flexibility index (Phi) is 5.59. The minimum absolute atomic E-state index is 0.0304. The van der Waals surface area contributed by atoms with Crippen LogP contribution in [0.3, 0.4) is 0 Å². The van der Waals surface area contributed by atoms with Gasteiger partial charge in [-0.1, -0.05) is 12.1 Å². The predicted octanol–water partition coefficient (Wildman–Crippen LogP) is 0.978. The van der Waals surface area contributed by atoms with Gasteiger partial charge in [-0.05, 0) is 24.6 Å². The van der Waals surface area contributed by atoms with E-state index in [0.717, 1.165) is 5.56 Å². The summed E-state index contributed by atoms with van der Waals surface area (Å²) in [5.74, 6) is -0.732. The normalized spacial score (nSPS) is 12.4. The number of benzene rings is 1. The van der Waals surface area contributed by atoms with Gasteiger partial charge in [-0.2, -0.15) is 0 Å². The van der Waals surface area contributed by atoms with Crippen molar-refractivity contribution in [1.29, 1.82) is 0 Å². The number of primary amides is 1. The fourth-order valence-electron chi connectivity index (χ4n) is 1.41. The quantitative estimate of drug-likeness (QED) is 0.698. The number of hydrogen-bond donors (Lipinski definition) is 2. The van der Waals surface area contributed by atoms with Crippen LogP contribution in [0.1, 0.15) is 18.5 Å². The first-order valence-electron chi connectivity index (χ1n) is 5.44. The summed E-state index contributed by atoms with van der Waals surface area (Å²) >= 11 is 0. The molecule has 0 aromatic heterocycles. The number of hydrogen-bond acceptors (Lipinski definition) is 3. The minimum Gasteiger partial charge on any atom is -0.370 e. The summed E-state index contributed by atoms with van der Waals surface area (Å²) in [4.78, 5) is 10.4. The van der Waals surface area contributed by atoms with Crippen molar-refractivity contribution in [2.75, 3.05) is 19.8 Å². The smallest absolute Gasteiger partial charge is 0.243 e. The van der Waals surface area contributed by atoms with E-state index in [0.29, 0.717) is 13.2 Å². The number of ether oxygens (including phenoxy) is 1. The maximum absolute atomic E-state index is 13.0. The fourth-order valence-corrected chi connectivity index (χ4v) is 1.41. The van der Waals surface area contributed by atoms with Crippen LogP contribution in [0, 0.1) is 5.82 Å². The van der Waals surface area contributed by atoms with Gasteiger partial charge in [-0.25, -0.2) is 4.39 Å². The van der Waals surface area contributed by atoms with Gasteiger partial charge >= 0.3 is 0 Å². The van der Waals surface area contributed by atoms with E-state index >= 15 is 0 Å². The van der Waals surface area contributed by atoms with Gasteiger partial charge in [0.2, 0.25) is 5.91 Å². The second kappa shape index (κ2) is 6.98. The average molecular weight is 240 g/mol. The Balaban J connectivity index is 2.25. The molecule has 5 heteroatoms. The lowest BCUT2D eigenvalue weighted by Gasteiger charge is -2.14. The Morgan fingerprint density at radius 1 is 1.59 bits per heavy atom. The van der Waals surface area contributed by atoms with Crippen molar-refractivity contribution < 1.29 is 13.9 Å². The number of halogens is 1. The topological polar surface area (TPSA) is 64.3 Å². The predicted molar refractivity (Wildman–Crippen MR) is 62.8 cm³/mol. The van der Waals surface area contributed by atoms with Gasteiger partial charge in [-0.3, -0.25) is 4.79 Å². The molecule has 0 fully saturated rings. The third-order valence-electron chi connectivity index (χ3n) is 2.29. The maximum Gasteiger partial charge on any atom is 0.243 e. The molecule has 1 atom stereocenters. The highest BCUT2D eigenvalue weighted by atomic mass is 19.1. The first kappa shape index (κ1) is 13.6. The van der Waals surface area contributed by atoms with E-state index in [2.05, 4.69) is 5.32 Å². The highest BCUT2D eigenvalue weighted by Gasteiger charge is 2.05. The molecule has 0 heterocycles. The number of amides is 1. The number of rotatable bonds is 7. The van der Waals surface area contributed by atoms with Crippen LogP contribution < -0.4 is 11.1 Å². The zero-order valence-electron chi connectivity index (χ0n) is 9.78. The maximum atomic E-state index is 13.0. The molecule has 4 nitrogen and oxygen atoms in total. The summed E-state index contributed by atoms with van der Waals surface area (Å²) in [5.41, 5.74) is 5.79. The zero-order valence-corrected chi connectivity index (χ0v) is 9.78. The molecule has 0 radical (unpaired) electrons. The van der Waals surface area contributed by atoms with Crippen LogP contribution in [-0.2, 0) is 9.53 Å². The molecule has 0 aliphatic heterocycles. The van der Waals surface area contributed by atoms with Gasteiger partial charge in [0.1, 0.15) is 12.4 Å². The largest absolute Gasteiger partial charge is 0.370 e. The molecule has 0 saturated carbocycles. The highest BCUT2D eigenvalue weighted by molar-refractivity contribution is 5.74. The lowest BCUT2D eigenvalue weighted by atomic mass is 10.1. The van der Waals surface area contributed by atoms with Crippen LogP contribution in [-0.4, -0.2) is 25.7 Å². The van der Waals surface area contributed by atoms with Crippen LogP contribution in [0.25, 0.3) is 0 Å². The van der Waals surface area contributed by atoms with Crippen molar-refractivity contribution in [3.8, 4) is 0 Å². The molecule has 94 valence electrons. The third kappa shape index (κ3) is 5.42. The molecule has 0 saturated heterocycles. The van der Waals surface area contributed by atoms with Crippen LogP contribution in [0.5, 0.6) is 0 Å². The summed E-state index contributed by atoms with van der Waals surface area (Å²) in [5, 5.41) is 3.16. The first-order valence-corrected chi connectivity index (χ1v) is 5.44. The van der Waals surface area contributed by atoms with E-state index in [-0.39, 0.29) is 18.5 Å². The van der Waals surface area contributed by atoms with Crippen molar-refractivity contribution in [1.82, 2.24) is 5.32 Å². The molecule has 1 rings (SSSR count). The molecule has 0 aliphatic carbocycles. The van der Waals surface area contributed by atoms with Crippen molar-refractivity contribution in [2.24, 2.45) is 5.73 Å². The van der Waals surface area contributed by atoms with Gasteiger partial charge in [0.05, 0.1) is 6.61 Å². The lowest BCUT2D eigenvalue weighted by molar-refractivity contribution is -0.122. The van der Waals surface area contributed by atoms with Gasteiger partial charge in [0.15, 0.2) is 0 Å². The van der Waals surface area contributed by atoms with Gasteiger partial charge in [-0.15, -0.1) is 0 Å². The number of nitrogens with two attached hydrogens (primary N) is 1.